The molecule has 7 nitrogen and oxygen atoms in total. The highest BCUT2D eigenvalue weighted by Gasteiger charge is 2.34. The lowest BCUT2D eigenvalue weighted by Gasteiger charge is -2.38. The van der Waals surface area contributed by atoms with Crippen LogP contribution in [-0.2, 0) is 10.2 Å². The predicted octanol–water partition coefficient (Wildman–Crippen LogP) is 5.53. The molecule has 1 aromatic carbocycles. The Bertz CT molecular complexity index is 1060. The normalized spacial score (nSPS) is 21.9. The summed E-state index contributed by atoms with van der Waals surface area (Å²) >= 11 is 11.9. The van der Waals surface area contributed by atoms with Crippen molar-refractivity contribution in [3.8, 4) is 0 Å². The number of benzene rings is 1. The lowest BCUT2D eigenvalue weighted by molar-refractivity contribution is 0.0515. The van der Waals surface area contributed by atoms with Crippen molar-refractivity contribution in [2.75, 3.05) is 54.5 Å². The maximum Gasteiger partial charge on any atom is 0.232 e. The second kappa shape index (κ2) is 12.1. The summed E-state index contributed by atoms with van der Waals surface area (Å²) in [4.78, 5) is 14.7. The SMILES string of the molecule is CC1CCCCN1c1cc(N2CCCCC2)nc(NC(=S)NCC2(c3ccc(Cl)cc3)CCOCC2)n1. The summed E-state index contributed by atoms with van der Waals surface area (Å²) in [5.74, 6) is 2.56. The highest BCUT2D eigenvalue weighted by Crippen LogP contribution is 2.35. The second-order valence-electron chi connectivity index (χ2n) is 10.7. The van der Waals surface area contributed by atoms with Crippen LogP contribution in [0.25, 0.3) is 0 Å². The topological polar surface area (TPSA) is 65.5 Å². The minimum absolute atomic E-state index is 0.0561. The highest BCUT2D eigenvalue weighted by molar-refractivity contribution is 7.80. The molecule has 1 aromatic heterocycles. The predicted molar refractivity (Wildman–Crippen MR) is 156 cm³/mol. The van der Waals surface area contributed by atoms with Crippen LogP contribution in [0, 0.1) is 0 Å². The zero-order valence-electron chi connectivity index (χ0n) is 21.8. The van der Waals surface area contributed by atoms with E-state index in [1.807, 2.05) is 12.1 Å². The van der Waals surface area contributed by atoms with Gasteiger partial charge in [-0.15, -0.1) is 0 Å². The van der Waals surface area contributed by atoms with Gasteiger partial charge in [0.1, 0.15) is 11.6 Å². The van der Waals surface area contributed by atoms with Gasteiger partial charge in [0.15, 0.2) is 5.11 Å². The zero-order valence-corrected chi connectivity index (χ0v) is 23.4. The molecule has 2 N–H and O–H groups in total. The number of hydrogen-bond donors (Lipinski definition) is 2. The van der Waals surface area contributed by atoms with E-state index in [0.717, 1.165) is 62.3 Å². The molecule has 9 heteroatoms. The smallest absolute Gasteiger partial charge is 0.232 e. The second-order valence-corrected chi connectivity index (χ2v) is 11.5. The summed E-state index contributed by atoms with van der Waals surface area (Å²) < 4.78 is 5.69. The first-order chi connectivity index (χ1) is 18.0. The maximum absolute atomic E-state index is 6.17. The molecule has 0 bridgehead atoms. The molecular weight excluding hydrogens is 504 g/mol. The Labute approximate surface area is 231 Å². The van der Waals surface area contributed by atoms with Crippen molar-refractivity contribution in [2.45, 2.75) is 69.7 Å². The van der Waals surface area contributed by atoms with E-state index in [1.165, 1.54) is 44.1 Å². The summed E-state index contributed by atoms with van der Waals surface area (Å²) in [6.45, 7) is 7.60. The average molecular weight is 543 g/mol. The Morgan fingerprint density at radius 3 is 2.46 bits per heavy atom. The van der Waals surface area contributed by atoms with Gasteiger partial charge in [-0.2, -0.15) is 9.97 Å². The number of nitrogens with one attached hydrogen (secondary N) is 2. The Balaban J connectivity index is 1.33. The van der Waals surface area contributed by atoms with Crippen LogP contribution in [0.3, 0.4) is 0 Å². The Morgan fingerprint density at radius 2 is 1.73 bits per heavy atom. The number of ether oxygens (including phenoxy) is 1. The number of rotatable bonds is 6. The number of piperidine rings is 2. The first-order valence-corrected chi connectivity index (χ1v) is 14.6. The van der Waals surface area contributed by atoms with Crippen molar-refractivity contribution in [3.63, 3.8) is 0 Å². The molecule has 0 amide bonds. The number of aromatic nitrogens is 2. The number of halogens is 1. The number of nitrogens with zero attached hydrogens (tertiary/aromatic N) is 4. The lowest BCUT2D eigenvalue weighted by Crippen LogP contribution is -2.45. The van der Waals surface area contributed by atoms with E-state index in [2.05, 4.69) is 45.6 Å². The zero-order chi connectivity index (χ0) is 25.7. The summed E-state index contributed by atoms with van der Waals surface area (Å²) in [7, 11) is 0. The maximum atomic E-state index is 6.17. The van der Waals surface area contributed by atoms with Crippen LogP contribution < -0.4 is 20.4 Å². The standard InChI is InChI=1S/C28H39ClN6OS/c1-21-7-3-6-16-35(21)25-19-24(34-14-4-2-5-15-34)31-26(32-25)33-27(37)30-20-28(12-17-36-18-13-28)22-8-10-23(29)11-9-22/h8-11,19,21H,2-7,12-18,20H2,1H3,(H2,30,31,32,33,37). The molecule has 200 valence electrons. The molecule has 37 heavy (non-hydrogen) atoms. The van der Waals surface area contributed by atoms with Crippen molar-refractivity contribution in [2.24, 2.45) is 0 Å². The van der Waals surface area contributed by atoms with Gasteiger partial charge in [0.2, 0.25) is 5.95 Å². The fraction of sp³-hybridized carbons (Fsp3) is 0.607. The Morgan fingerprint density at radius 1 is 1.03 bits per heavy atom. The van der Waals surface area contributed by atoms with Gasteiger partial charge in [-0.1, -0.05) is 23.7 Å². The summed E-state index contributed by atoms with van der Waals surface area (Å²) in [6, 6.07) is 10.8. The molecular formula is C28H39ClN6OS. The van der Waals surface area contributed by atoms with Gasteiger partial charge in [0, 0.05) is 61.9 Å². The Hall–Kier alpha value is -2.16. The van der Waals surface area contributed by atoms with Crippen molar-refractivity contribution in [1.82, 2.24) is 15.3 Å². The monoisotopic (exact) mass is 542 g/mol. The Kier molecular flexibility index (Phi) is 8.67. The molecule has 1 atom stereocenters. The van der Waals surface area contributed by atoms with Gasteiger partial charge >= 0.3 is 0 Å². The van der Waals surface area contributed by atoms with Crippen molar-refractivity contribution in [3.05, 3.63) is 40.9 Å². The van der Waals surface area contributed by atoms with Crippen LogP contribution >= 0.6 is 23.8 Å². The molecule has 1 unspecified atom stereocenters. The van der Waals surface area contributed by atoms with Crippen molar-refractivity contribution >= 4 is 46.5 Å². The molecule has 3 aliphatic heterocycles. The van der Waals surface area contributed by atoms with E-state index in [9.17, 15) is 0 Å². The average Bonchev–Trinajstić information content (AvgIpc) is 2.93. The van der Waals surface area contributed by atoms with Crippen LogP contribution in [0.1, 0.15) is 63.9 Å². The van der Waals surface area contributed by atoms with Gasteiger partial charge in [-0.25, -0.2) is 0 Å². The van der Waals surface area contributed by atoms with E-state index in [0.29, 0.717) is 23.6 Å². The fourth-order valence-corrected chi connectivity index (χ4v) is 6.17. The van der Waals surface area contributed by atoms with Gasteiger partial charge in [-0.3, -0.25) is 0 Å². The number of anilines is 3. The molecule has 0 radical (unpaired) electrons. The fourth-order valence-electron chi connectivity index (χ4n) is 5.88. The third kappa shape index (κ3) is 6.47. The summed E-state index contributed by atoms with van der Waals surface area (Å²) in [5, 5.41) is 8.11. The molecule has 0 spiro atoms. The van der Waals surface area contributed by atoms with Gasteiger partial charge in [-0.05, 0) is 88.2 Å². The lowest BCUT2D eigenvalue weighted by atomic mass is 9.74. The van der Waals surface area contributed by atoms with Crippen LogP contribution in [0.2, 0.25) is 5.02 Å². The summed E-state index contributed by atoms with van der Waals surface area (Å²) in [6.07, 6.45) is 9.25. The van der Waals surface area contributed by atoms with Crippen LogP contribution in [0.4, 0.5) is 17.6 Å². The molecule has 3 fully saturated rings. The molecule has 2 aromatic rings. The van der Waals surface area contributed by atoms with Gasteiger partial charge in [0.25, 0.3) is 0 Å². The van der Waals surface area contributed by atoms with E-state index >= 15 is 0 Å². The van der Waals surface area contributed by atoms with E-state index in [-0.39, 0.29) is 5.41 Å². The van der Waals surface area contributed by atoms with Gasteiger partial charge in [0.05, 0.1) is 0 Å². The molecule has 3 saturated heterocycles. The quantitative estimate of drug-likeness (QED) is 0.462. The van der Waals surface area contributed by atoms with Crippen LogP contribution in [0.5, 0.6) is 0 Å². The van der Waals surface area contributed by atoms with Gasteiger partial charge < -0.3 is 25.2 Å². The largest absolute Gasteiger partial charge is 0.381 e. The molecule has 0 saturated carbocycles. The highest BCUT2D eigenvalue weighted by atomic mass is 35.5. The number of thiocarbonyl (C=S) groups is 1. The minimum atomic E-state index is -0.0561. The molecule has 4 heterocycles. The van der Waals surface area contributed by atoms with E-state index < -0.39 is 0 Å². The third-order valence-electron chi connectivity index (χ3n) is 8.20. The van der Waals surface area contributed by atoms with Crippen molar-refractivity contribution < 1.29 is 4.74 Å². The summed E-state index contributed by atoms with van der Waals surface area (Å²) in [5.41, 5.74) is 1.21. The minimum Gasteiger partial charge on any atom is -0.381 e. The number of hydrogen-bond acceptors (Lipinski definition) is 6. The van der Waals surface area contributed by atoms with Crippen LogP contribution in [-0.4, -0.2) is 60.5 Å². The van der Waals surface area contributed by atoms with Crippen LogP contribution in [0.15, 0.2) is 30.3 Å². The molecule has 0 aliphatic carbocycles. The third-order valence-corrected chi connectivity index (χ3v) is 8.69. The van der Waals surface area contributed by atoms with Crippen molar-refractivity contribution in [1.29, 1.82) is 0 Å². The first kappa shape index (κ1) is 26.4. The molecule has 3 aliphatic rings. The van der Waals surface area contributed by atoms with E-state index in [4.69, 9.17) is 38.5 Å². The first-order valence-electron chi connectivity index (χ1n) is 13.8. The molecule has 5 rings (SSSR count). The van der Waals surface area contributed by atoms with E-state index in [1.54, 1.807) is 0 Å².